The fourth-order valence-corrected chi connectivity index (χ4v) is 3.27. The van der Waals surface area contributed by atoms with Crippen LogP contribution in [0.25, 0.3) is 0 Å². The SMILES string of the molecule is CC1Cc2ccccc2N1C(=O)NCCCOCCc1ccccc1. The van der Waals surface area contributed by atoms with Crippen LogP contribution in [-0.4, -0.2) is 31.8 Å². The van der Waals surface area contributed by atoms with E-state index in [-0.39, 0.29) is 12.1 Å². The minimum absolute atomic E-state index is 0.0123. The van der Waals surface area contributed by atoms with Crippen molar-refractivity contribution in [3.8, 4) is 0 Å². The quantitative estimate of drug-likeness (QED) is 0.780. The van der Waals surface area contributed by atoms with E-state index in [4.69, 9.17) is 4.74 Å². The van der Waals surface area contributed by atoms with Crippen LogP contribution in [-0.2, 0) is 17.6 Å². The zero-order valence-electron chi connectivity index (χ0n) is 14.8. The Morgan fingerprint density at radius 2 is 1.88 bits per heavy atom. The van der Waals surface area contributed by atoms with Crippen molar-refractivity contribution in [2.75, 3.05) is 24.7 Å². The van der Waals surface area contributed by atoms with E-state index in [2.05, 4.69) is 30.4 Å². The Morgan fingerprint density at radius 3 is 2.72 bits per heavy atom. The molecule has 1 unspecified atom stereocenters. The van der Waals surface area contributed by atoms with Gasteiger partial charge in [0.05, 0.1) is 6.61 Å². The lowest BCUT2D eigenvalue weighted by atomic mass is 10.1. The van der Waals surface area contributed by atoms with Crippen molar-refractivity contribution in [1.29, 1.82) is 0 Å². The number of carbonyl (C=O) groups excluding carboxylic acids is 1. The van der Waals surface area contributed by atoms with Crippen LogP contribution in [0.2, 0.25) is 0 Å². The number of nitrogens with zero attached hydrogens (tertiary/aromatic N) is 1. The first-order chi connectivity index (χ1) is 12.3. The molecule has 2 aromatic rings. The minimum Gasteiger partial charge on any atom is -0.381 e. The summed E-state index contributed by atoms with van der Waals surface area (Å²) in [6.07, 6.45) is 2.67. The van der Waals surface area contributed by atoms with Gasteiger partial charge in [-0.15, -0.1) is 0 Å². The van der Waals surface area contributed by atoms with Crippen molar-refractivity contribution < 1.29 is 9.53 Å². The van der Waals surface area contributed by atoms with Crippen LogP contribution in [0.15, 0.2) is 54.6 Å². The number of carbonyl (C=O) groups is 1. The molecular formula is C21H26N2O2. The largest absolute Gasteiger partial charge is 0.381 e. The first-order valence-electron chi connectivity index (χ1n) is 9.02. The second kappa shape index (κ2) is 8.67. The van der Waals surface area contributed by atoms with Crippen LogP contribution >= 0.6 is 0 Å². The molecule has 2 amide bonds. The van der Waals surface area contributed by atoms with Crippen molar-refractivity contribution in [3.63, 3.8) is 0 Å². The molecule has 0 aliphatic carbocycles. The van der Waals surface area contributed by atoms with Crippen molar-refractivity contribution in [1.82, 2.24) is 5.32 Å². The van der Waals surface area contributed by atoms with Crippen LogP contribution in [0, 0.1) is 0 Å². The molecule has 1 atom stereocenters. The summed E-state index contributed by atoms with van der Waals surface area (Å²) in [6, 6.07) is 18.7. The van der Waals surface area contributed by atoms with Gasteiger partial charge < -0.3 is 10.1 Å². The molecule has 0 saturated carbocycles. The van der Waals surface area contributed by atoms with Crippen molar-refractivity contribution >= 4 is 11.7 Å². The first kappa shape index (κ1) is 17.5. The Kier molecular flexibility index (Phi) is 6.07. The van der Waals surface area contributed by atoms with E-state index in [0.717, 1.165) is 24.9 Å². The Labute approximate surface area is 149 Å². The maximum Gasteiger partial charge on any atom is 0.322 e. The van der Waals surface area contributed by atoms with Gasteiger partial charge in [-0.3, -0.25) is 4.90 Å². The zero-order valence-corrected chi connectivity index (χ0v) is 14.8. The average Bonchev–Trinajstić information content (AvgIpc) is 2.97. The summed E-state index contributed by atoms with van der Waals surface area (Å²) >= 11 is 0. The van der Waals surface area contributed by atoms with E-state index in [1.165, 1.54) is 11.1 Å². The number of fused-ring (bicyclic) bond motifs is 1. The lowest BCUT2D eigenvalue weighted by Crippen LogP contribution is -2.43. The second-order valence-corrected chi connectivity index (χ2v) is 6.49. The standard InChI is InChI=1S/C21H26N2O2/c1-17-16-19-10-5-6-11-20(19)23(17)21(24)22-13-7-14-25-15-12-18-8-3-2-4-9-18/h2-6,8-11,17H,7,12-16H2,1H3,(H,22,24). The highest BCUT2D eigenvalue weighted by Gasteiger charge is 2.30. The number of anilines is 1. The van der Waals surface area contributed by atoms with Gasteiger partial charge >= 0.3 is 6.03 Å². The molecule has 25 heavy (non-hydrogen) atoms. The number of nitrogens with one attached hydrogen (secondary N) is 1. The van der Waals surface area contributed by atoms with Gasteiger partial charge in [-0.25, -0.2) is 4.79 Å². The third-order valence-electron chi connectivity index (χ3n) is 4.55. The summed E-state index contributed by atoms with van der Waals surface area (Å²) in [5.41, 5.74) is 3.57. The molecule has 0 aromatic heterocycles. The summed E-state index contributed by atoms with van der Waals surface area (Å²) in [5, 5.41) is 3.01. The topological polar surface area (TPSA) is 41.6 Å². The van der Waals surface area contributed by atoms with Crippen LogP contribution in [0.3, 0.4) is 0 Å². The van der Waals surface area contributed by atoms with Crippen LogP contribution in [0.4, 0.5) is 10.5 Å². The number of para-hydroxylation sites is 1. The predicted molar refractivity (Wildman–Crippen MR) is 101 cm³/mol. The number of benzene rings is 2. The van der Waals surface area contributed by atoms with Gasteiger partial charge in [-0.1, -0.05) is 48.5 Å². The average molecular weight is 338 g/mol. The Hall–Kier alpha value is -2.33. The highest BCUT2D eigenvalue weighted by atomic mass is 16.5. The molecule has 2 aromatic carbocycles. The summed E-state index contributed by atoms with van der Waals surface area (Å²) in [6.45, 7) is 4.11. The lowest BCUT2D eigenvalue weighted by molar-refractivity contribution is 0.135. The highest BCUT2D eigenvalue weighted by Crippen LogP contribution is 2.31. The number of hydrogen-bond acceptors (Lipinski definition) is 2. The number of ether oxygens (including phenoxy) is 1. The number of hydrogen-bond donors (Lipinski definition) is 1. The Balaban J connectivity index is 1.33. The summed E-state index contributed by atoms with van der Waals surface area (Å²) < 4.78 is 5.66. The molecule has 0 spiro atoms. The molecule has 0 saturated heterocycles. The fraction of sp³-hybridized carbons (Fsp3) is 0.381. The smallest absolute Gasteiger partial charge is 0.322 e. The van der Waals surface area contributed by atoms with Gasteiger partial charge in [-0.2, -0.15) is 0 Å². The molecule has 0 bridgehead atoms. The van der Waals surface area contributed by atoms with Gasteiger partial charge in [0, 0.05) is 24.9 Å². The van der Waals surface area contributed by atoms with Gasteiger partial charge in [0.2, 0.25) is 0 Å². The first-order valence-corrected chi connectivity index (χ1v) is 9.02. The Bertz CT molecular complexity index is 687. The summed E-state index contributed by atoms with van der Waals surface area (Å²) in [7, 11) is 0. The maximum atomic E-state index is 12.5. The molecule has 3 rings (SSSR count). The van der Waals surface area contributed by atoms with E-state index in [9.17, 15) is 4.79 Å². The van der Waals surface area contributed by atoms with E-state index >= 15 is 0 Å². The minimum atomic E-state index is -0.0123. The zero-order chi connectivity index (χ0) is 17.5. The molecule has 4 nitrogen and oxygen atoms in total. The molecule has 132 valence electrons. The second-order valence-electron chi connectivity index (χ2n) is 6.49. The molecule has 1 N–H and O–H groups in total. The van der Waals surface area contributed by atoms with Gasteiger partial charge in [0.1, 0.15) is 0 Å². The third kappa shape index (κ3) is 4.60. The number of rotatable bonds is 7. The fourth-order valence-electron chi connectivity index (χ4n) is 3.27. The molecule has 1 aliphatic heterocycles. The van der Waals surface area contributed by atoms with E-state index in [1.807, 2.05) is 41.3 Å². The van der Waals surface area contributed by atoms with E-state index in [0.29, 0.717) is 19.8 Å². The van der Waals surface area contributed by atoms with Gasteiger partial charge in [-0.05, 0) is 43.4 Å². The molecule has 0 fully saturated rings. The van der Waals surface area contributed by atoms with Gasteiger partial charge in [0.15, 0.2) is 0 Å². The Morgan fingerprint density at radius 1 is 1.12 bits per heavy atom. The molecule has 1 heterocycles. The normalized spacial score (nSPS) is 15.9. The third-order valence-corrected chi connectivity index (χ3v) is 4.55. The number of urea groups is 1. The highest BCUT2D eigenvalue weighted by molar-refractivity contribution is 5.94. The van der Waals surface area contributed by atoms with E-state index in [1.54, 1.807) is 0 Å². The van der Waals surface area contributed by atoms with E-state index < -0.39 is 0 Å². The predicted octanol–water partition coefficient (Wildman–Crippen LogP) is 3.80. The number of amides is 2. The van der Waals surface area contributed by atoms with Crippen molar-refractivity contribution in [2.24, 2.45) is 0 Å². The molecule has 1 aliphatic rings. The van der Waals surface area contributed by atoms with Crippen LogP contribution < -0.4 is 10.2 Å². The lowest BCUT2D eigenvalue weighted by Gasteiger charge is -2.23. The van der Waals surface area contributed by atoms with Crippen molar-refractivity contribution in [2.45, 2.75) is 32.2 Å². The van der Waals surface area contributed by atoms with Crippen molar-refractivity contribution in [3.05, 3.63) is 65.7 Å². The molecular weight excluding hydrogens is 312 g/mol. The summed E-state index contributed by atoms with van der Waals surface area (Å²) in [5.74, 6) is 0. The van der Waals surface area contributed by atoms with Crippen LogP contribution in [0.5, 0.6) is 0 Å². The maximum absolute atomic E-state index is 12.5. The molecule has 4 heteroatoms. The monoisotopic (exact) mass is 338 g/mol. The molecule has 0 radical (unpaired) electrons. The van der Waals surface area contributed by atoms with Crippen LogP contribution in [0.1, 0.15) is 24.5 Å². The summed E-state index contributed by atoms with van der Waals surface area (Å²) in [4.78, 5) is 14.3. The van der Waals surface area contributed by atoms with Gasteiger partial charge in [0.25, 0.3) is 0 Å².